The van der Waals surface area contributed by atoms with Crippen molar-refractivity contribution in [2.45, 2.75) is 49.8 Å². The number of hydrogen-bond donors (Lipinski definition) is 2. The molecule has 10 heteroatoms. The van der Waals surface area contributed by atoms with Crippen LogP contribution in [-0.2, 0) is 28.2 Å². The quantitative estimate of drug-likeness (QED) is 0.274. The van der Waals surface area contributed by atoms with Gasteiger partial charge in [-0.05, 0) is 85.5 Å². The molecule has 2 amide bonds. The minimum absolute atomic E-state index is 0.0306. The molecule has 41 heavy (non-hydrogen) atoms. The fraction of sp³-hybridized carbons (Fsp3) is 0.290. The third-order valence-corrected chi connectivity index (χ3v) is 7.79. The van der Waals surface area contributed by atoms with Crippen LogP contribution >= 0.6 is 0 Å². The van der Waals surface area contributed by atoms with Gasteiger partial charge >= 0.3 is 6.09 Å². The van der Waals surface area contributed by atoms with E-state index in [9.17, 15) is 18.0 Å². The van der Waals surface area contributed by atoms with Crippen molar-refractivity contribution in [1.82, 2.24) is 9.29 Å². The minimum atomic E-state index is -4.61. The highest BCUT2D eigenvalue weighted by molar-refractivity contribution is 7.90. The van der Waals surface area contributed by atoms with E-state index in [2.05, 4.69) is 5.32 Å². The molecule has 1 saturated carbocycles. The van der Waals surface area contributed by atoms with Crippen molar-refractivity contribution >= 4 is 38.6 Å². The molecule has 0 bridgehead atoms. The zero-order valence-electron chi connectivity index (χ0n) is 32.8. The van der Waals surface area contributed by atoms with E-state index in [-0.39, 0.29) is 28.9 Å². The van der Waals surface area contributed by atoms with Gasteiger partial charge in [-0.25, -0.2) is 17.9 Å². The summed E-state index contributed by atoms with van der Waals surface area (Å²) in [6.45, 7) is -5.38. The number of amides is 2. The number of aryl methyl sites for hydroxylation is 2. The number of nitrogens with one attached hydrogen (secondary N) is 2. The Morgan fingerprint density at radius 2 is 1.90 bits per heavy atom. The number of benzene rings is 3. The number of nitrogens with zero attached hydrogens (tertiary/aromatic N) is 1. The van der Waals surface area contributed by atoms with E-state index >= 15 is 0 Å². The smallest absolute Gasteiger partial charge is 0.411 e. The van der Waals surface area contributed by atoms with Crippen LogP contribution < -0.4 is 14.8 Å². The molecule has 1 aliphatic rings. The molecule has 1 heterocycles. The molecule has 1 aliphatic carbocycles. The van der Waals surface area contributed by atoms with Crippen LogP contribution in [-0.4, -0.2) is 38.2 Å². The van der Waals surface area contributed by atoms with Crippen LogP contribution in [0.3, 0.4) is 0 Å². The average molecular weight is 587 g/mol. The lowest BCUT2D eigenvalue weighted by Gasteiger charge is -2.13. The van der Waals surface area contributed by atoms with E-state index in [4.69, 9.17) is 24.6 Å². The predicted octanol–water partition coefficient (Wildman–Crippen LogP) is 5.70. The third kappa shape index (κ3) is 6.22. The number of hydrogen-bond acceptors (Lipinski definition) is 6. The standard InChI is InChI=1S/C31H33N3O6S/c1-20-8-4-7-11-29(20)41(37,38)33-30(35)22-13-12-21(28(17-22)39-3)16-23-19-34(2)27-15-14-24(18-26(23)27)32-31(36)40-25-9-5-6-10-25/h4,7-8,11-15,17-19,25H,5-6,9-10,16H2,1-3H3,(H,32,36)(H,33,35)/i1D3,2D3,5D2,6D2,25D. The van der Waals surface area contributed by atoms with Gasteiger partial charge in [0, 0.05) is 55.5 Å². The Morgan fingerprint density at radius 1 is 1.10 bits per heavy atom. The van der Waals surface area contributed by atoms with Crippen molar-refractivity contribution in [3.8, 4) is 5.75 Å². The van der Waals surface area contributed by atoms with Gasteiger partial charge in [0.1, 0.15) is 11.8 Å². The van der Waals surface area contributed by atoms with E-state index in [1.165, 1.54) is 61.8 Å². The number of anilines is 1. The molecule has 0 saturated heterocycles. The number of fused-ring (bicyclic) bond motifs is 1. The number of ether oxygens (including phenoxy) is 2. The highest BCUT2D eigenvalue weighted by Gasteiger charge is 2.22. The molecule has 0 atom stereocenters. The van der Waals surface area contributed by atoms with Gasteiger partial charge in [-0.2, -0.15) is 0 Å². The van der Waals surface area contributed by atoms with E-state index in [1.54, 1.807) is 0 Å². The molecule has 1 aromatic heterocycles. The maximum Gasteiger partial charge on any atom is 0.411 e. The van der Waals surface area contributed by atoms with Crippen LogP contribution in [0.1, 0.15) is 67.7 Å². The number of rotatable bonds is 8. The first-order valence-electron chi connectivity index (χ1n) is 17.8. The number of methoxy groups -OCH3 is 1. The molecule has 0 spiro atoms. The number of sulfonamides is 1. The Balaban J connectivity index is 1.41. The van der Waals surface area contributed by atoms with Gasteiger partial charge < -0.3 is 14.0 Å². The van der Waals surface area contributed by atoms with Gasteiger partial charge in [0.25, 0.3) is 15.9 Å². The van der Waals surface area contributed by atoms with Gasteiger partial charge in [-0.1, -0.05) is 24.3 Å². The fourth-order valence-electron chi connectivity index (χ4n) is 4.42. The molecule has 9 nitrogen and oxygen atoms in total. The zero-order valence-corrected chi connectivity index (χ0v) is 22.6. The molecular formula is C31H33N3O6S. The van der Waals surface area contributed by atoms with Gasteiger partial charge in [0.05, 0.1) is 13.4 Å². The molecule has 1 fully saturated rings. The van der Waals surface area contributed by atoms with Gasteiger partial charge in [-0.15, -0.1) is 0 Å². The lowest BCUT2D eigenvalue weighted by Crippen LogP contribution is -2.31. The molecule has 4 aromatic rings. The summed E-state index contributed by atoms with van der Waals surface area (Å²) in [5, 5.41) is 2.82. The van der Waals surface area contributed by atoms with E-state index in [1.807, 2.05) is 4.72 Å². The largest absolute Gasteiger partial charge is 0.496 e. The summed E-state index contributed by atoms with van der Waals surface area (Å²) in [5.74, 6) is -0.927. The average Bonchev–Trinajstić information content (AvgIpc) is 3.45. The summed E-state index contributed by atoms with van der Waals surface area (Å²) in [4.78, 5) is 25.3. The Kier molecular flexibility index (Phi) is 4.97. The Bertz CT molecular complexity index is 2150. The number of aromatic nitrogens is 1. The van der Waals surface area contributed by atoms with Crippen LogP contribution in [0.25, 0.3) is 10.9 Å². The second kappa shape index (κ2) is 11.7. The second-order valence-corrected chi connectivity index (χ2v) is 10.8. The molecular weight excluding hydrogens is 542 g/mol. The van der Waals surface area contributed by atoms with E-state index < -0.39 is 78.0 Å². The minimum Gasteiger partial charge on any atom is -0.496 e. The van der Waals surface area contributed by atoms with Crippen LogP contribution in [0.4, 0.5) is 10.5 Å². The molecule has 214 valence electrons. The Labute approximate surface area is 255 Å². The SMILES string of the molecule is [2H]C1(OC(=O)Nc2ccc3c(c2)c(Cc2ccc(C(=O)NS(=O)(=O)c4ccccc4C([2H])([2H])[2H])cc2OC)cn3C([2H])([2H])[2H])CC([2H])([2H])C([2H])([2H])C1. The predicted molar refractivity (Wildman–Crippen MR) is 157 cm³/mol. The monoisotopic (exact) mass is 586 g/mol. The summed E-state index contributed by atoms with van der Waals surface area (Å²) < 4.78 is 127. The topological polar surface area (TPSA) is 116 Å². The molecule has 5 rings (SSSR count). The normalized spacial score (nSPS) is 21.5. The molecule has 3 aromatic carbocycles. The van der Waals surface area contributed by atoms with E-state index in [0.717, 1.165) is 16.7 Å². The Morgan fingerprint density at radius 3 is 2.66 bits per heavy atom. The summed E-state index contributed by atoms with van der Waals surface area (Å²) in [6, 6.07) is 13.3. The maximum atomic E-state index is 13.1. The molecule has 0 unspecified atom stereocenters. The third-order valence-electron chi connectivity index (χ3n) is 6.40. The van der Waals surface area contributed by atoms with Gasteiger partial charge in [0.2, 0.25) is 0 Å². The van der Waals surface area contributed by atoms with Crippen molar-refractivity contribution in [2.24, 2.45) is 6.98 Å². The van der Waals surface area contributed by atoms with Crippen molar-refractivity contribution < 1.29 is 42.6 Å². The van der Waals surface area contributed by atoms with Crippen molar-refractivity contribution in [1.29, 1.82) is 0 Å². The lowest BCUT2D eigenvalue weighted by atomic mass is 10.0. The highest BCUT2D eigenvalue weighted by Crippen LogP contribution is 2.30. The molecule has 0 radical (unpaired) electrons. The molecule has 0 aliphatic heterocycles. The first kappa shape index (κ1) is 17.5. The number of carbonyl (C=O) groups is 2. The highest BCUT2D eigenvalue weighted by atomic mass is 32.2. The Hall–Kier alpha value is -4.31. The zero-order chi connectivity index (χ0) is 38.7. The summed E-state index contributed by atoms with van der Waals surface area (Å²) in [5.41, 5.74) is 0.698. The lowest BCUT2D eigenvalue weighted by molar-refractivity contribution is 0.0980. The first-order valence-corrected chi connectivity index (χ1v) is 13.8. The first-order chi connectivity index (χ1) is 23.9. The summed E-state index contributed by atoms with van der Waals surface area (Å²) in [7, 11) is -3.30. The van der Waals surface area contributed by atoms with Crippen molar-refractivity contribution in [2.75, 3.05) is 12.4 Å². The van der Waals surface area contributed by atoms with Crippen LogP contribution in [0.2, 0.25) is 0 Å². The van der Waals surface area contributed by atoms with Crippen LogP contribution in [0, 0.1) is 6.85 Å². The fourth-order valence-corrected chi connectivity index (χ4v) is 5.51. The van der Waals surface area contributed by atoms with Crippen molar-refractivity contribution in [3.05, 3.63) is 89.1 Å². The van der Waals surface area contributed by atoms with Gasteiger partial charge in [-0.3, -0.25) is 10.1 Å². The number of carbonyl (C=O) groups excluding carboxylic acids is 2. The summed E-state index contributed by atoms with van der Waals surface area (Å²) in [6.07, 6.45) is -8.03. The van der Waals surface area contributed by atoms with Crippen molar-refractivity contribution in [3.63, 3.8) is 0 Å². The van der Waals surface area contributed by atoms with Crippen LogP contribution in [0.5, 0.6) is 5.75 Å². The maximum absolute atomic E-state index is 13.1. The van der Waals surface area contributed by atoms with E-state index in [0.29, 0.717) is 16.5 Å². The van der Waals surface area contributed by atoms with Gasteiger partial charge in [0.15, 0.2) is 0 Å². The second-order valence-electron chi connectivity index (χ2n) is 9.15. The molecule has 2 N–H and O–H groups in total. The van der Waals surface area contributed by atoms with Crippen LogP contribution in [0.15, 0.2) is 71.8 Å². The summed E-state index contributed by atoms with van der Waals surface area (Å²) >= 11 is 0.